The van der Waals surface area contributed by atoms with Crippen LogP contribution >= 0.6 is 0 Å². The lowest BCUT2D eigenvalue weighted by Crippen LogP contribution is -2.47. The van der Waals surface area contributed by atoms with Crippen molar-refractivity contribution in [2.24, 2.45) is 0 Å². The van der Waals surface area contributed by atoms with E-state index in [1.165, 1.54) is 4.90 Å². The maximum Gasteiger partial charge on any atom is 0.222 e. The third-order valence-corrected chi connectivity index (χ3v) is 7.68. The van der Waals surface area contributed by atoms with Crippen LogP contribution < -0.4 is 16.0 Å². The zero-order valence-corrected chi connectivity index (χ0v) is 26.5. The second-order valence-corrected chi connectivity index (χ2v) is 11.4. The molecule has 2 saturated heterocycles. The Hall–Kier alpha value is -2.44. The number of ether oxygens (including phenoxy) is 4. The fourth-order valence-corrected chi connectivity index (χ4v) is 4.77. The normalized spacial score (nSPS) is 28.2. The number of amides is 4. The van der Waals surface area contributed by atoms with E-state index in [2.05, 4.69) is 16.0 Å². The number of nitrogens with one attached hydrogen (secondary N) is 3. The first-order chi connectivity index (χ1) is 21.4. The summed E-state index contributed by atoms with van der Waals surface area (Å²) in [6.07, 6.45) is -4.61. The number of hydrogen-bond donors (Lipinski definition) is 7. The Labute approximate surface area is 264 Å². The van der Waals surface area contributed by atoms with Crippen LogP contribution in [0.2, 0.25) is 0 Å². The Morgan fingerprint density at radius 1 is 0.689 bits per heavy atom. The zero-order chi connectivity index (χ0) is 33.4. The molecule has 0 saturated carbocycles. The van der Waals surface area contributed by atoms with Gasteiger partial charge in [0, 0.05) is 71.8 Å². The average Bonchev–Trinajstić information content (AvgIpc) is 3.00. The molecule has 8 unspecified atom stereocenters. The van der Waals surface area contributed by atoms with Gasteiger partial charge < -0.3 is 60.2 Å². The number of aliphatic hydroxyl groups excluding tert-OH is 4. The van der Waals surface area contributed by atoms with Crippen molar-refractivity contribution in [2.75, 3.05) is 46.4 Å². The van der Waals surface area contributed by atoms with Crippen LogP contribution in [0, 0.1) is 0 Å². The summed E-state index contributed by atoms with van der Waals surface area (Å²) < 4.78 is 21.8. The van der Waals surface area contributed by atoms with E-state index in [1.807, 2.05) is 0 Å². The van der Waals surface area contributed by atoms with Gasteiger partial charge in [-0.2, -0.15) is 0 Å². The molecule has 2 rings (SSSR count). The van der Waals surface area contributed by atoms with Crippen LogP contribution in [0.15, 0.2) is 0 Å². The molecule has 2 aliphatic heterocycles. The minimum absolute atomic E-state index is 0.0119. The van der Waals surface area contributed by atoms with Crippen LogP contribution in [-0.2, 0) is 38.1 Å². The van der Waals surface area contributed by atoms with Gasteiger partial charge in [0.1, 0.15) is 12.2 Å². The Bertz CT molecular complexity index is 874. The van der Waals surface area contributed by atoms with Crippen LogP contribution in [0.25, 0.3) is 0 Å². The Balaban J connectivity index is 1.74. The van der Waals surface area contributed by atoms with Crippen molar-refractivity contribution in [3.05, 3.63) is 0 Å². The van der Waals surface area contributed by atoms with Crippen molar-refractivity contribution in [1.82, 2.24) is 20.9 Å². The van der Waals surface area contributed by atoms with E-state index in [0.717, 1.165) is 0 Å². The standard InChI is InChI=1S/C29H52N4O12/c1-18-20(34)16-22(36)28(44-18)42-14-10-31-25(39)8-12-33(27(41)7-5-4-6-24(38)30-3)13-9-26(40)32-11-15-43-29-23(37)17-21(35)19(2)45-29/h18-23,28-29,34-37H,4-17H2,1-3H3,(H,30,38)(H,31,39)(H,32,40). The second kappa shape index (κ2) is 20.6. The molecule has 45 heavy (non-hydrogen) atoms. The molecule has 8 atom stereocenters. The number of aliphatic hydroxyl groups is 4. The van der Waals surface area contributed by atoms with E-state index in [4.69, 9.17) is 18.9 Å². The minimum atomic E-state index is -0.981. The van der Waals surface area contributed by atoms with Gasteiger partial charge >= 0.3 is 0 Å². The molecule has 2 heterocycles. The minimum Gasteiger partial charge on any atom is -0.390 e. The summed E-state index contributed by atoms with van der Waals surface area (Å²) >= 11 is 0. The number of nitrogens with zero attached hydrogens (tertiary/aromatic N) is 1. The first-order valence-corrected chi connectivity index (χ1v) is 15.7. The lowest BCUT2D eigenvalue weighted by atomic mass is 10.0. The Kier molecular flexibility index (Phi) is 17.8. The van der Waals surface area contributed by atoms with Crippen LogP contribution in [0.1, 0.15) is 65.2 Å². The largest absolute Gasteiger partial charge is 0.390 e. The number of rotatable bonds is 19. The third-order valence-electron chi connectivity index (χ3n) is 7.68. The third kappa shape index (κ3) is 14.7. The summed E-state index contributed by atoms with van der Waals surface area (Å²) in [5.41, 5.74) is 0. The van der Waals surface area contributed by atoms with Crippen LogP contribution in [0.3, 0.4) is 0 Å². The van der Waals surface area contributed by atoms with Crippen LogP contribution in [-0.4, -0.2) is 145 Å². The number of carbonyl (C=O) groups excluding carboxylic acids is 4. The van der Waals surface area contributed by atoms with E-state index in [9.17, 15) is 39.6 Å². The van der Waals surface area contributed by atoms with Crippen molar-refractivity contribution in [3.8, 4) is 0 Å². The molecular weight excluding hydrogens is 596 g/mol. The lowest BCUT2D eigenvalue weighted by molar-refractivity contribution is -0.260. The van der Waals surface area contributed by atoms with Gasteiger partial charge in [-0.1, -0.05) is 0 Å². The summed E-state index contributed by atoms with van der Waals surface area (Å²) in [6.45, 7) is 3.94. The first-order valence-electron chi connectivity index (χ1n) is 15.7. The molecule has 2 fully saturated rings. The summed E-state index contributed by atoms with van der Waals surface area (Å²) in [5, 5.41) is 47.4. The maximum atomic E-state index is 12.9. The number of unbranched alkanes of at least 4 members (excludes halogenated alkanes) is 1. The van der Waals surface area contributed by atoms with Crippen LogP contribution in [0.5, 0.6) is 0 Å². The molecule has 0 aromatic heterocycles. The molecule has 0 aromatic carbocycles. The molecule has 16 heteroatoms. The van der Waals surface area contributed by atoms with E-state index in [1.54, 1.807) is 20.9 Å². The fraction of sp³-hybridized carbons (Fsp3) is 0.862. The maximum absolute atomic E-state index is 12.9. The van der Waals surface area contributed by atoms with E-state index in [0.29, 0.717) is 19.3 Å². The average molecular weight is 649 g/mol. The van der Waals surface area contributed by atoms with Gasteiger partial charge in [-0.15, -0.1) is 0 Å². The predicted octanol–water partition coefficient (Wildman–Crippen LogP) is -2.12. The van der Waals surface area contributed by atoms with Gasteiger partial charge in [0.25, 0.3) is 0 Å². The Morgan fingerprint density at radius 2 is 1.13 bits per heavy atom. The van der Waals surface area contributed by atoms with Crippen molar-refractivity contribution < 1.29 is 58.6 Å². The van der Waals surface area contributed by atoms with Crippen molar-refractivity contribution in [3.63, 3.8) is 0 Å². The van der Waals surface area contributed by atoms with Gasteiger partial charge in [0.05, 0.1) is 37.6 Å². The molecule has 0 aromatic rings. The monoisotopic (exact) mass is 648 g/mol. The highest BCUT2D eigenvalue weighted by atomic mass is 16.7. The lowest BCUT2D eigenvalue weighted by Gasteiger charge is -2.35. The quantitative estimate of drug-likeness (QED) is 0.0747. The molecule has 0 radical (unpaired) electrons. The smallest absolute Gasteiger partial charge is 0.222 e. The molecular formula is C29H52N4O12. The van der Waals surface area contributed by atoms with Crippen LogP contribution in [0.4, 0.5) is 0 Å². The first kappa shape index (κ1) is 38.7. The topological polar surface area (TPSA) is 225 Å². The molecule has 2 aliphatic rings. The molecule has 0 spiro atoms. The zero-order valence-electron chi connectivity index (χ0n) is 26.5. The van der Waals surface area contributed by atoms with Gasteiger partial charge in [0.15, 0.2) is 12.6 Å². The van der Waals surface area contributed by atoms with Gasteiger partial charge in [-0.05, 0) is 26.7 Å². The molecule has 0 aliphatic carbocycles. The fourth-order valence-electron chi connectivity index (χ4n) is 4.77. The highest BCUT2D eigenvalue weighted by molar-refractivity contribution is 5.80. The van der Waals surface area contributed by atoms with E-state index >= 15 is 0 Å². The van der Waals surface area contributed by atoms with E-state index < -0.39 is 49.2 Å². The molecule has 7 N–H and O–H groups in total. The van der Waals surface area contributed by atoms with Gasteiger partial charge in [0.2, 0.25) is 23.6 Å². The number of carbonyl (C=O) groups is 4. The highest BCUT2D eigenvalue weighted by Gasteiger charge is 2.35. The van der Waals surface area contributed by atoms with Crippen molar-refractivity contribution in [1.29, 1.82) is 0 Å². The summed E-state index contributed by atoms with van der Waals surface area (Å²) in [4.78, 5) is 50.7. The Morgan fingerprint density at radius 3 is 1.58 bits per heavy atom. The van der Waals surface area contributed by atoms with Gasteiger partial charge in [-0.3, -0.25) is 19.2 Å². The summed E-state index contributed by atoms with van der Waals surface area (Å²) in [6, 6.07) is 0. The molecule has 260 valence electrons. The molecule has 16 nitrogen and oxygen atoms in total. The summed E-state index contributed by atoms with van der Waals surface area (Å²) in [7, 11) is 1.54. The SMILES string of the molecule is CNC(=O)CCCCC(=O)N(CCC(=O)NCCOC1OC(C)C(O)CC1O)CCC(=O)NCCOC1OC(C)C(O)CC1O. The van der Waals surface area contributed by atoms with Crippen molar-refractivity contribution >= 4 is 23.6 Å². The molecule has 4 amide bonds. The van der Waals surface area contributed by atoms with Gasteiger partial charge in [-0.25, -0.2) is 0 Å². The summed E-state index contributed by atoms with van der Waals surface area (Å²) in [5.74, 6) is -1.02. The molecule has 0 bridgehead atoms. The van der Waals surface area contributed by atoms with Crippen molar-refractivity contribution in [2.45, 2.75) is 114 Å². The number of hydrogen-bond acceptors (Lipinski definition) is 12. The highest BCUT2D eigenvalue weighted by Crippen LogP contribution is 2.21. The second-order valence-electron chi connectivity index (χ2n) is 11.4. The van der Waals surface area contributed by atoms with E-state index in [-0.39, 0.29) is 95.1 Å². The predicted molar refractivity (Wildman–Crippen MR) is 158 cm³/mol.